The van der Waals surface area contributed by atoms with Gasteiger partial charge >= 0.3 is 6.09 Å². The molecule has 0 aliphatic carbocycles. The summed E-state index contributed by atoms with van der Waals surface area (Å²) in [5.41, 5.74) is 0.927. The Labute approximate surface area is 152 Å². The number of ether oxygens (including phenoxy) is 1. The van der Waals surface area contributed by atoms with E-state index in [0.717, 1.165) is 16.5 Å². The van der Waals surface area contributed by atoms with E-state index in [1.54, 1.807) is 13.0 Å². The zero-order chi connectivity index (χ0) is 17.9. The molecule has 2 N–H and O–H groups in total. The lowest BCUT2D eigenvalue weighted by atomic mass is 10.0. The van der Waals surface area contributed by atoms with Crippen molar-refractivity contribution >= 4 is 34.0 Å². The fourth-order valence-electron chi connectivity index (χ4n) is 2.16. The van der Waals surface area contributed by atoms with E-state index in [1.807, 2.05) is 24.3 Å². The molecule has 132 valence electrons. The maximum Gasteiger partial charge on any atom is 0.407 e. The Bertz CT molecular complexity index is 573. The van der Waals surface area contributed by atoms with Crippen LogP contribution in [0.5, 0.6) is 0 Å². The summed E-state index contributed by atoms with van der Waals surface area (Å²) >= 11 is 3.43. The minimum absolute atomic E-state index is 0.162. The van der Waals surface area contributed by atoms with Gasteiger partial charge in [0.1, 0.15) is 0 Å². The standard InChI is InChI=1S/C18H25BrN2O3/c1-4-24-18(23)21-15(11-13(2)3)12-20-17(22)10-9-14-7-5-6-8-16(14)19/h5-10,13,15H,4,11-12H2,1-3H3,(H,20,22)(H,21,23)/b10-9+. The van der Waals surface area contributed by atoms with E-state index in [9.17, 15) is 9.59 Å². The number of halogens is 1. The highest BCUT2D eigenvalue weighted by molar-refractivity contribution is 9.10. The molecule has 6 heteroatoms. The number of carbonyl (C=O) groups excluding carboxylic acids is 2. The van der Waals surface area contributed by atoms with E-state index in [4.69, 9.17) is 4.74 Å². The van der Waals surface area contributed by atoms with Crippen molar-refractivity contribution in [3.63, 3.8) is 0 Å². The van der Waals surface area contributed by atoms with Gasteiger partial charge in [0, 0.05) is 23.1 Å². The molecular weight excluding hydrogens is 372 g/mol. The number of amides is 2. The third kappa shape index (κ3) is 8.15. The van der Waals surface area contributed by atoms with Crippen molar-refractivity contribution < 1.29 is 14.3 Å². The van der Waals surface area contributed by atoms with Crippen molar-refractivity contribution in [1.29, 1.82) is 0 Å². The second kappa shape index (κ2) is 10.9. The molecular formula is C18H25BrN2O3. The Balaban J connectivity index is 2.54. The van der Waals surface area contributed by atoms with E-state index in [0.29, 0.717) is 19.1 Å². The highest BCUT2D eigenvalue weighted by Crippen LogP contribution is 2.16. The van der Waals surface area contributed by atoms with E-state index in [2.05, 4.69) is 40.4 Å². The predicted octanol–water partition coefficient (Wildman–Crippen LogP) is 3.74. The van der Waals surface area contributed by atoms with Crippen LogP contribution in [0.2, 0.25) is 0 Å². The molecule has 1 aromatic carbocycles. The van der Waals surface area contributed by atoms with Crippen LogP contribution in [0.15, 0.2) is 34.8 Å². The highest BCUT2D eigenvalue weighted by atomic mass is 79.9. The topological polar surface area (TPSA) is 67.4 Å². The lowest BCUT2D eigenvalue weighted by Crippen LogP contribution is -2.44. The van der Waals surface area contributed by atoms with Gasteiger partial charge in [0.05, 0.1) is 6.61 Å². The summed E-state index contributed by atoms with van der Waals surface area (Å²) in [5.74, 6) is 0.190. The first-order chi connectivity index (χ1) is 11.4. The van der Waals surface area contributed by atoms with Crippen LogP contribution in [0.4, 0.5) is 4.79 Å². The zero-order valence-electron chi connectivity index (χ0n) is 14.3. The van der Waals surface area contributed by atoms with Gasteiger partial charge in [0.15, 0.2) is 0 Å². The van der Waals surface area contributed by atoms with Gasteiger partial charge in [-0.3, -0.25) is 4.79 Å². The summed E-state index contributed by atoms with van der Waals surface area (Å²) in [6, 6.07) is 7.49. The maximum absolute atomic E-state index is 12.0. The Morgan fingerprint density at radius 2 is 2.00 bits per heavy atom. The summed E-state index contributed by atoms with van der Waals surface area (Å²) < 4.78 is 5.82. The molecule has 0 bridgehead atoms. The van der Waals surface area contributed by atoms with Gasteiger partial charge in [0.25, 0.3) is 0 Å². The van der Waals surface area contributed by atoms with Crippen LogP contribution in [-0.2, 0) is 9.53 Å². The third-order valence-corrected chi connectivity index (χ3v) is 3.92. The highest BCUT2D eigenvalue weighted by Gasteiger charge is 2.15. The van der Waals surface area contributed by atoms with Crippen LogP contribution in [0, 0.1) is 5.92 Å². The van der Waals surface area contributed by atoms with Crippen LogP contribution in [0.25, 0.3) is 6.08 Å². The lowest BCUT2D eigenvalue weighted by Gasteiger charge is -2.20. The van der Waals surface area contributed by atoms with Crippen LogP contribution in [0.1, 0.15) is 32.8 Å². The second-order valence-electron chi connectivity index (χ2n) is 5.79. The molecule has 0 aliphatic rings. The van der Waals surface area contributed by atoms with Gasteiger partial charge < -0.3 is 15.4 Å². The zero-order valence-corrected chi connectivity index (χ0v) is 15.9. The molecule has 0 radical (unpaired) electrons. The van der Waals surface area contributed by atoms with Crippen molar-refractivity contribution in [1.82, 2.24) is 10.6 Å². The quantitative estimate of drug-likeness (QED) is 0.657. The SMILES string of the molecule is CCOC(=O)NC(CNC(=O)/C=C/c1ccccc1Br)CC(C)C. The molecule has 0 fully saturated rings. The molecule has 2 amide bonds. The van der Waals surface area contributed by atoms with E-state index in [-0.39, 0.29) is 11.9 Å². The van der Waals surface area contributed by atoms with Gasteiger partial charge in [0.2, 0.25) is 5.91 Å². The Kier molecular flexibility index (Phi) is 9.15. The minimum atomic E-state index is -0.457. The molecule has 0 saturated heterocycles. The molecule has 0 aliphatic heterocycles. The molecule has 5 nitrogen and oxygen atoms in total. The summed E-state index contributed by atoms with van der Waals surface area (Å²) in [5, 5.41) is 5.59. The molecule has 24 heavy (non-hydrogen) atoms. The van der Waals surface area contributed by atoms with Gasteiger partial charge in [-0.15, -0.1) is 0 Å². The average molecular weight is 397 g/mol. The number of hydrogen-bond acceptors (Lipinski definition) is 3. The fraction of sp³-hybridized carbons (Fsp3) is 0.444. The monoisotopic (exact) mass is 396 g/mol. The van der Waals surface area contributed by atoms with Crippen molar-refractivity contribution in [3.8, 4) is 0 Å². The number of rotatable bonds is 8. The van der Waals surface area contributed by atoms with Gasteiger partial charge in [-0.1, -0.05) is 48.0 Å². The largest absolute Gasteiger partial charge is 0.450 e. The van der Waals surface area contributed by atoms with Crippen LogP contribution in [-0.4, -0.2) is 31.2 Å². The van der Waals surface area contributed by atoms with Crippen molar-refractivity contribution in [2.45, 2.75) is 33.2 Å². The molecule has 1 atom stereocenters. The number of nitrogens with one attached hydrogen (secondary N) is 2. The molecule has 0 heterocycles. The number of hydrogen-bond donors (Lipinski definition) is 2. The number of benzene rings is 1. The number of carbonyl (C=O) groups is 2. The van der Waals surface area contributed by atoms with E-state index in [1.165, 1.54) is 6.08 Å². The normalized spacial score (nSPS) is 12.2. The molecule has 1 aromatic rings. The van der Waals surface area contributed by atoms with E-state index >= 15 is 0 Å². The average Bonchev–Trinajstić information content (AvgIpc) is 2.51. The second-order valence-corrected chi connectivity index (χ2v) is 6.65. The van der Waals surface area contributed by atoms with Gasteiger partial charge in [-0.2, -0.15) is 0 Å². The summed E-state index contributed by atoms with van der Waals surface area (Å²) in [4.78, 5) is 23.5. The molecule has 0 aromatic heterocycles. The first-order valence-electron chi connectivity index (χ1n) is 8.06. The van der Waals surface area contributed by atoms with Crippen molar-refractivity contribution in [2.75, 3.05) is 13.2 Å². The minimum Gasteiger partial charge on any atom is -0.450 e. The van der Waals surface area contributed by atoms with Gasteiger partial charge in [-0.05, 0) is 37.0 Å². The molecule has 1 rings (SSSR count). The van der Waals surface area contributed by atoms with Crippen LogP contribution >= 0.6 is 15.9 Å². The van der Waals surface area contributed by atoms with E-state index < -0.39 is 6.09 Å². The smallest absolute Gasteiger partial charge is 0.407 e. The number of alkyl carbamates (subject to hydrolysis) is 1. The lowest BCUT2D eigenvalue weighted by molar-refractivity contribution is -0.116. The molecule has 0 spiro atoms. The summed E-state index contributed by atoms with van der Waals surface area (Å²) in [7, 11) is 0. The first-order valence-corrected chi connectivity index (χ1v) is 8.85. The maximum atomic E-state index is 12.0. The first kappa shape index (κ1) is 20.2. The fourth-order valence-corrected chi connectivity index (χ4v) is 2.58. The predicted molar refractivity (Wildman–Crippen MR) is 99.6 cm³/mol. The molecule has 0 saturated carbocycles. The Hall–Kier alpha value is -1.82. The third-order valence-electron chi connectivity index (χ3n) is 3.20. The Morgan fingerprint density at radius 3 is 2.62 bits per heavy atom. The van der Waals surface area contributed by atoms with Crippen molar-refractivity contribution in [3.05, 3.63) is 40.4 Å². The van der Waals surface area contributed by atoms with Crippen LogP contribution in [0.3, 0.4) is 0 Å². The van der Waals surface area contributed by atoms with Crippen LogP contribution < -0.4 is 10.6 Å². The Morgan fingerprint density at radius 1 is 1.29 bits per heavy atom. The summed E-state index contributed by atoms with van der Waals surface area (Å²) in [6.07, 6.45) is 3.53. The van der Waals surface area contributed by atoms with Crippen molar-refractivity contribution in [2.24, 2.45) is 5.92 Å². The molecule has 1 unspecified atom stereocenters. The summed E-state index contributed by atoms with van der Waals surface area (Å²) in [6.45, 7) is 6.56. The van der Waals surface area contributed by atoms with Gasteiger partial charge in [-0.25, -0.2) is 4.79 Å².